The van der Waals surface area contributed by atoms with Gasteiger partial charge >= 0.3 is 0 Å². The zero-order valence-corrected chi connectivity index (χ0v) is 15.6. The van der Waals surface area contributed by atoms with Crippen LogP contribution in [0.15, 0.2) is 36.5 Å². The molecule has 0 amide bonds. The maximum atomic E-state index is 6.15. The number of piperidine rings is 1. The highest BCUT2D eigenvalue weighted by Gasteiger charge is 2.25. The zero-order valence-electron chi connectivity index (χ0n) is 14.1. The van der Waals surface area contributed by atoms with E-state index in [0.29, 0.717) is 16.0 Å². The summed E-state index contributed by atoms with van der Waals surface area (Å²) in [7, 11) is 1.97. The zero-order chi connectivity index (χ0) is 17.4. The molecule has 1 aliphatic rings. The second-order valence-corrected chi connectivity index (χ2v) is 7.52. The van der Waals surface area contributed by atoms with Crippen LogP contribution in [-0.4, -0.2) is 32.8 Å². The molecule has 130 valence electrons. The topological polar surface area (TPSA) is 34.0 Å². The third-order valence-corrected chi connectivity index (χ3v) is 5.65. The molecule has 6 heteroatoms. The number of halogens is 2. The van der Waals surface area contributed by atoms with Gasteiger partial charge in [-0.25, -0.2) is 4.98 Å². The Balaban J connectivity index is 1.55. The molecular weight excluding hydrogens is 355 g/mol. The number of fused-ring (bicyclic) bond motifs is 1. The van der Waals surface area contributed by atoms with Gasteiger partial charge in [0.05, 0.1) is 15.7 Å². The Hall–Kier alpha value is -1.62. The van der Waals surface area contributed by atoms with E-state index >= 15 is 0 Å². The smallest absolute Gasteiger partial charge is 0.157 e. The lowest BCUT2D eigenvalue weighted by molar-refractivity contribution is 0.198. The van der Waals surface area contributed by atoms with E-state index in [1.165, 1.54) is 29.5 Å². The van der Waals surface area contributed by atoms with Crippen LogP contribution in [0.3, 0.4) is 0 Å². The number of nitrogens with zero attached hydrogens (tertiary/aromatic N) is 4. The predicted molar refractivity (Wildman–Crippen MR) is 102 cm³/mol. The highest BCUT2D eigenvalue weighted by Crippen LogP contribution is 2.31. The molecule has 1 unspecified atom stereocenters. The Labute approximate surface area is 157 Å². The molecule has 0 N–H and O–H groups in total. The minimum absolute atomic E-state index is 0.435. The van der Waals surface area contributed by atoms with Gasteiger partial charge in [0.25, 0.3) is 0 Å². The van der Waals surface area contributed by atoms with Crippen molar-refractivity contribution in [1.82, 2.24) is 19.7 Å². The predicted octanol–water partition coefficient (Wildman–Crippen LogP) is 4.65. The van der Waals surface area contributed by atoms with E-state index in [4.69, 9.17) is 28.3 Å². The van der Waals surface area contributed by atoms with Crippen molar-refractivity contribution in [3.63, 3.8) is 0 Å². The Morgan fingerprint density at radius 1 is 1.20 bits per heavy atom. The van der Waals surface area contributed by atoms with Gasteiger partial charge in [0, 0.05) is 37.6 Å². The molecule has 1 aliphatic heterocycles. The van der Waals surface area contributed by atoms with Crippen LogP contribution in [0.25, 0.3) is 11.0 Å². The van der Waals surface area contributed by atoms with E-state index in [0.717, 1.165) is 25.3 Å². The molecule has 4 rings (SSSR count). The van der Waals surface area contributed by atoms with Gasteiger partial charge in [0.15, 0.2) is 5.65 Å². The monoisotopic (exact) mass is 374 g/mol. The molecule has 0 bridgehead atoms. The fourth-order valence-electron chi connectivity index (χ4n) is 3.74. The first-order chi connectivity index (χ1) is 12.1. The SMILES string of the molecule is Cn1nc(C2CCCN(Cc3ccc(Cl)c(Cl)c3)C2)c2cccnc21. The molecule has 0 radical (unpaired) electrons. The van der Waals surface area contributed by atoms with Crippen LogP contribution in [-0.2, 0) is 13.6 Å². The number of likely N-dealkylation sites (tertiary alicyclic amines) is 1. The summed E-state index contributed by atoms with van der Waals surface area (Å²) in [6.45, 7) is 2.98. The number of aromatic nitrogens is 3. The number of hydrogen-bond acceptors (Lipinski definition) is 3. The Morgan fingerprint density at radius 3 is 2.92 bits per heavy atom. The quantitative estimate of drug-likeness (QED) is 0.668. The molecule has 1 fully saturated rings. The van der Waals surface area contributed by atoms with Gasteiger partial charge < -0.3 is 0 Å². The first-order valence-electron chi connectivity index (χ1n) is 8.55. The molecule has 1 aromatic carbocycles. The van der Waals surface area contributed by atoms with Crippen molar-refractivity contribution in [2.45, 2.75) is 25.3 Å². The summed E-state index contributed by atoms with van der Waals surface area (Å²) in [4.78, 5) is 6.94. The van der Waals surface area contributed by atoms with Gasteiger partial charge in [-0.2, -0.15) is 5.10 Å². The molecule has 0 saturated carbocycles. The number of hydrogen-bond donors (Lipinski definition) is 0. The molecule has 3 heterocycles. The van der Waals surface area contributed by atoms with E-state index < -0.39 is 0 Å². The molecule has 3 aromatic rings. The minimum Gasteiger partial charge on any atom is -0.298 e. The summed E-state index contributed by atoms with van der Waals surface area (Å²) in [6.07, 6.45) is 4.16. The Kier molecular flexibility index (Phi) is 4.67. The van der Waals surface area contributed by atoms with Crippen molar-refractivity contribution in [2.75, 3.05) is 13.1 Å². The van der Waals surface area contributed by atoms with Crippen LogP contribution in [0.5, 0.6) is 0 Å². The summed E-state index contributed by atoms with van der Waals surface area (Å²) in [6, 6.07) is 10.0. The molecular formula is C19H20Cl2N4. The molecule has 0 aliphatic carbocycles. The van der Waals surface area contributed by atoms with Crippen LogP contribution < -0.4 is 0 Å². The van der Waals surface area contributed by atoms with Crippen LogP contribution >= 0.6 is 23.2 Å². The van der Waals surface area contributed by atoms with Crippen LogP contribution in [0.1, 0.15) is 30.0 Å². The van der Waals surface area contributed by atoms with Crippen molar-refractivity contribution in [1.29, 1.82) is 0 Å². The number of rotatable bonds is 3. The van der Waals surface area contributed by atoms with Gasteiger partial charge in [0.2, 0.25) is 0 Å². The number of pyridine rings is 1. The fourth-order valence-corrected chi connectivity index (χ4v) is 4.06. The lowest BCUT2D eigenvalue weighted by Crippen LogP contribution is -2.34. The van der Waals surface area contributed by atoms with E-state index in [1.54, 1.807) is 0 Å². The Bertz CT molecular complexity index is 906. The lowest BCUT2D eigenvalue weighted by atomic mass is 9.93. The fraction of sp³-hybridized carbons (Fsp3) is 0.368. The second kappa shape index (κ2) is 6.94. The summed E-state index contributed by atoms with van der Waals surface area (Å²) in [5.74, 6) is 0.435. The molecule has 0 spiro atoms. The van der Waals surface area contributed by atoms with Crippen LogP contribution in [0.2, 0.25) is 10.0 Å². The third-order valence-electron chi connectivity index (χ3n) is 4.91. The summed E-state index contributed by atoms with van der Waals surface area (Å²) >= 11 is 12.2. The average molecular weight is 375 g/mol. The van der Waals surface area contributed by atoms with E-state index in [-0.39, 0.29) is 0 Å². The average Bonchev–Trinajstić information content (AvgIpc) is 2.96. The van der Waals surface area contributed by atoms with Gasteiger partial charge in [0.1, 0.15) is 0 Å². The van der Waals surface area contributed by atoms with Crippen molar-refractivity contribution in [3.8, 4) is 0 Å². The van der Waals surface area contributed by atoms with Crippen molar-refractivity contribution in [3.05, 3.63) is 57.8 Å². The molecule has 25 heavy (non-hydrogen) atoms. The molecule has 1 atom stereocenters. The largest absolute Gasteiger partial charge is 0.298 e. The molecule has 2 aromatic heterocycles. The number of benzene rings is 1. The van der Waals surface area contributed by atoms with Gasteiger partial charge in [-0.15, -0.1) is 0 Å². The standard InChI is InChI=1S/C19H20Cl2N4/c1-24-19-15(5-2-8-22-19)18(23-24)14-4-3-9-25(12-14)11-13-6-7-16(20)17(21)10-13/h2,5-8,10,14H,3-4,9,11-12H2,1H3. The highest BCUT2D eigenvalue weighted by atomic mass is 35.5. The maximum Gasteiger partial charge on any atom is 0.157 e. The molecule has 4 nitrogen and oxygen atoms in total. The van der Waals surface area contributed by atoms with Crippen molar-refractivity contribution in [2.24, 2.45) is 7.05 Å². The van der Waals surface area contributed by atoms with Gasteiger partial charge in [-0.1, -0.05) is 29.3 Å². The number of aryl methyl sites for hydroxylation is 1. The normalized spacial score (nSPS) is 18.8. The maximum absolute atomic E-state index is 6.15. The first-order valence-corrected chi connectivity index (χ1v) is 9.31. The van der Waals surface area contributed by atoms with Crippen LogP contribution in [0.4, 0.5) is 0 Å². The minimum atomic E-state index is 0.435. The van der Waals surface area contributed by atoms with E-state index in [2.05, 4.69) is 22.0 Å². The van der Waals surface area contributed by atoms with Gasteiger partial charge in [-0.05, 0) is 49.2 Å². The van der Waals surface area contributed by atoms with E-state index in [9.17, 15) is 0 Å². The third kappa shape index (κ3) is 3.39. The Morgan fingerprint density at radius 2 is 2.08 bits per heavy atom. The highest BCUT2D eigenvalue weighted by molar-refractivity contribution is 6.42. The van der Waals surface area contributed by atoms with Crippen molar-refractivity contribution < 1.29 is 0 Å². The molecule has 1 saturated heterocycles. The van der Waals surface area contributed by atoms with E-state index in [1.807, 2.05) is 36.1 Å². The second-order valence-electron chi connectivity index (χ2n) is 6.71. The van der Waals surface area contributed by atoms with Crippen LogP contribution in [0, 0.1) is 0 Å². The van der Waals surface area contributed by atoms with Gasteiger partial charge in [-0.3, -0.25) is 9.58 Å². The van der Waals surface area contributed by atoms with Crippen molar-refractivity contribution >= 4 is 34.2 Å². The summed E-state index contributed by atoms with van der Waals surface area (Å²) in [5.41, 5.74) is 3.33. The summed E-state index contributed by atoms with van der Waals surface area (Å²) in [5, 5.41) is 7.17. The first kappa shape index (κ1) is 16.8. The summed E-state index contributed by atoms with van der Waals surface area (Å²) < 4.78 is 1.89. The lowest BCUT2D eigenvalue weighted by Gasteiger charge is -2.32.